The Morgan fingerprint density at radius 1 is 1.24 bits per heavy atom. The predicted molar refractivity (Wildman–Crippen MR) is 88.5 cm³/mol. The van der Waals surface area contributed by atoms with E-state index >= 15 is 0 Å². The van der Waals surface area contributed by atoms with Crippen molar-refractivity contribution >= 4 is 0 Å². The maximum Gasteiger partial charge on any atom is 0.109 e. The lowest BCUT2D eigenvalue weighted by molar-refractivity contribution is 0.464. The minimum atomic E-state index is 0.493. The number of imidazole rings is 1. The summed E-state index contributed by atoms with van der Waals surface area (Å²) in [6.45, 7) is 5.42. The van der Waals surface area contributed by atoms with Crippen molar-refractivity contribution in [1.29, 1.82) is 0 Å². The van der Waals surface area contributed by atoms with E-state index in [0.29, 0.717) is 6.04 Å². The van der Waals surface area contributed by atoms with Gasteiger partial charge in [-0.05, 0) is 38.3 Å². The van der Waals surface area contributed by atoms with Gasteiger partial charge in [0.25, 0.3) is 0 Å². The van der Waals surface area contributed by atoms with Gasteiger partial charge in [0.1, 0.15) is 5.82 Å². The molecule has 0 saturated heterocycles. The molecule has 21 heavy (non-hydrogen) atoms. The molecule has 0 fully saturated rings. The molecule has 3 heteroatoms. The van der Waals surface area contributed by atoms with E-state index in [1.54, 1.807) is 0 Å². The number of nitrogens with one attached hydrogen (secondary N) is 1. The molecule has 3 nitrogen and oxygen atoms in total. The van der Waals surface area contributed by atoms with E-state index in [-0.39, 0.29) is 0 Å². The summed E-state index contributed by atoms with van der Waals surface area (Å²) in [6.07, 6.45) is 8.33. The molecule has 1 unspecified atom stereocenters. The van der Waals surface area contributed by atoms with Crippen molar-refractivity contribution in [3.05, 3.63) is 53.6 Å². The highest BCUT2D eigenvalue weighted by Gasteiger charge is 2.11. The van der Waals surface area contributed by atoms with Crippen LogP contribution in [0.1, 0.15) is 36.7 Å². The molecule has 2 rings (SSSR count). The van der Waals surface area contributed by atoms with Crippen molar-refractivity contribution in [3.8, 4) is 0 Å². The monoisotopic (exact) mass is 285 g/mol. The van der Waals surface area contributed by atoms with Crippen LogP contribution >= 0.6 is 0 Å². The van der Waals surface area contributed by atoms with Crippen LogP contribution in [0.5, 0.6) is 0 Å². The Morgan fingerprint density at radius 3 is 2.62 bits per heavy atom. The molecule has 0 aliphatic heterocycles. The van der Waals surface area contributed by atoms with Gasteiger partial charge in [0.15, 0.2) is 0 Å². The van der Waals surface area contributed by atoms with Gasteiger partial charge in [0, 0.05) is 31.9 Å². The first-order valence-corrected chi connectivity index (χ1v) is 7.94. The van der Waals surface area contributed by atoms with Gasteiger partial charge in [0.05, 0.1) is 0 Å². The van der Waals surface area contributed by atoms with Gasteiger partial charge in [-0.15, -0.1) is 0 Å². The average molecular weight is 285 g/mol. The Kier molecular flexibility index (Phi) is 6.00. The SMILES string of the molecule is CCCNC(CCc1ccc(C)cc1)Cc1nccn1C. The quantitative estimate of drug-likeness (QED) is 0.806. The Balaban J connectivity index is 1.92. The number of aryl methyl sites for hydroxylation is 3. The number of aromatic nitrogens is 2. The maximum absolute atomic E-state index is 4.45. The molecule has 0 spiro atoms. The second-order valence-corrected chi connectivity index (χ2v) is 5.83. The van der Waals surface area contributed by atoms with Crippen molar-refractivity contribution < 1.29 is 0 Å². The number of benzene rings is 1. The van der Waals surface area contributed by atoms with Crippen molar-refractivity contribution in [3.63, 3.8) is 0 Å². The van der Waals surface area contributed by atoms with Crippen LogP contribution in [0.25, 0.3) is 0 Å². The molecule has 1 heterocycles. The molecule has 0 aliphatic rings. The fraction of sp³-hybridized carbons (Fsp3) is 0.500. The first-order valence-electron chi connectivity index (χ1n) is 7.94. The van der Waals surface area contributed by atoms with Gasteiger partial charge >= 0.3 is 0 Å². The third-order valence-corrected chi connectivity index (χ3v) is 3.94. The lowest BCUT2D eigenvalue weighted by atomic mass is 10.0. The van der Waals surface area contributed by atoms with E-state index in [9.17, 15) is 0 Å². The zero-order valence-corrected chi connectivity index (χ0v) is 13.5. The highest BCUT2D eigenvalue weighted by atomic mass is 15.0. The summed E-state index contributed by atoms with van der Waals surface area (Å²) in [5, 5.41) is 3.66. The number of hydrogen-bond donors (Lipinski definition) is 1. The molecule has 1 atom stereocenters. The highest BCUT2D eigenvalue weighted by molar-refractivity contribution is 5.21. The minimum absolute atomic E-state index is 0.493. The predicted octanol–water partition coefficient (Wildman–Crippen LogP) is 3.27. The Labute approximate surface area is 128 Å². The van der Waals surface area contributed by atoms with Gasteiger partial charge in [-0.3, -0.25) is 0 Å². The van der Waals surface area contributed by atoms with Crippen LogP contribution in [0, 0.1) is 6.92 Å². The molecule has 0 radical (unpaired) electrons. The second-order valence-electron chi connectivity index (χ2n) is 5.83. The summed E-state index contributed by atoms with van der Waals surface area (Å²) in [6, 6.07) is 9.37. The zero-order valence-electron chi connectivity index (χ0n) is 13.5. The van der Waals surface area contributed by atoms with Gasteiger partial charge in [-0.2, -0.15) is 0 Å². The summed E-state index contributed by atoms with van der Waals surface area (Å²) in [5.74, 6) is 1.16. The molecule has 1 aromatic heterocycles. The van der Waals surface area contributed by atoms with Gasteiger partial charge in [-0.1, -0.05) is 36.8 Å². The summed E-state index contributed by atoms with van der Waals surface area (Å²) >= 11 is 0. The molecule has 0 bridgehead atoms. The second kappa shape index (κ2) is 7.99. The Morgan fingerprint density at radius 2 is 2.00 bits per heavy atom. The van der Waals surface area contributed by atoms with Gasteiger partial charge < -0.3 is 9.88 Å². The van der Waals surface area contributed by atoms with Gasteiger partial charge in [0.2, 0.25) is 0 Å². The van der Waals surface area contributed by atoms with E-state index in [4.69, 9.17) is 0 Å². The molecule has 0 saturated carbocycles. The summed E-state index contributed by atoms with van der Waals surface area (Å²) < 4.78 is 2.12. The largest absolute Gasteiger partial charge is 0.338 e. The van der Waals surface area contributed by atoms with Gasteiger partial charge in [-0.25, -0.2) is 4.98 Å². The zero-order chi connectivity index (χ0) is 15.1. The average Bonchev–Trinajstić information content (AvgIpc) is 2.89. The topological polar surface area (TPSA) is 29.9 Å². The van der Waals surface area contributed by atoms with Crippen molar-refractivity contribution in [2.75, 3.05) is 6.54 Å². The fourth-order valence-electron chi connectivity index (χ4n) is 2.53. The Bertz CT molecular complexity index is 528. The first kappa shape index (κ1) is 15.8. The molecule has 1 aromatic carbocycles. The van der Waals surface area contributed by atoms with E-state index in [0.717, 1.165) is 31.6 Å². The fourth-order valence-corrected chi connectivity index (χ4v) is 2.53. The molecule has 1 N–H and O–H groups in total. The molecule has 114 valence electrons. The lowest BCUT2D eigenvalue weighted by Gasteiger charge is -2.18. The maximum atomic E-state index is 4.45. The minimum Gasteiger partial charge on any atom is -0.338 e. The van der Waals surface area contributed by atoms with Crippen LogP contribution in [-0.4, -0.2) is 22.1 Å². The van der Waals surface area contributed by atoms with Crippen LogP contribution in [0.15, 0.2) is 36.7 Å². The van der Waals surface area contributed by atoms with Crippen LogP contribution < -0.4 is 5.32 Å². The van der Waals surface area contributed by atoms with Crippen LogP contribution in [0.4, 0.5) is 0 Å². The first-order chi connectivity index (χ1) is 10.2. The normalized spacial score (nSPS) is 12.5. The van der Waals surface area contributed by atoms with Crippen molar-refractivity contribution in [2.24, 2.45) is 7.05 Å². The van der Waals surface area contributed by atoms with E-state index in [1.807, 2.05) is 12.4 Å². The third-order valence-electron chi connectivity index (χ3n) is 3.94. The van der Waals surface area contributed by atoms with Crippen LogP contribution in [-0.2, 0) is 19.9 Å². The smallest absolute Gasteiger partial charge is 0.109 e. The van der Waals surface area contributed by atoms with Crippen molar-refractivity contribution in [1.82, 2.24) is 14.9 Å². The summed E-state index contributed by atoms with van der Waals surface area (Å²) in [7, 11) is 2.07. The van der Waals surface area contributed by atoms with Crippen LogP contribution in [0.2, 0.25) is 0 Å². The number of rotatable bonds is 8. The molecule has 0 amide bonds. The van der Waals surface area contributed by atoms with Crippen molar-refractivity contribution in [2.45, 2.75) is 45.6 Å². The highest BCUT2D eigenvalue weighted by Crippen LogP contribution is 2.10. The molecular formula is C18H27N3. The third kappa shape index (κ3) is 5.01. The number of hydrogen-bond acceptors (Lipinski definition) is 2. The molecular weight excluding hydrogens is 258 g/mol. The summed E-state index contributed by atoms with van der Waals surface area (Å²) in [4.78, 5) is 4.45. The molecule has 2 aromatic rings. The lowest BCUT2D eigenvalue weighted by Crippen LogP contribution is -2.33. The Hall–Kier alpha value is -1.61. The number of nitrogens with zero attached hydrogens (tertiary/aromatic N) is 2. The standard InChI is InChI=1S/C18H27N3/c1-4-11-19-17(14-18-20-12-13-21(18)3)10-9-16-7-5-15(2)6-8-16/h5-8,12-13,17,19H,4,9-11,14H2,1-3H3. The van der Waals surface area contributed by atoms with E-state index < -0.39 is 0 Å². The van der Waals surface area contributed by atoms with E-state index in [2.05, 4.69) is 60.0 Å². The van der Waals surface area contributed by atoms with E-state index in [1.165, 1.54) is 17.5 Å². The molecule has 0 aliphatic carbocycles. The van der Waals surface area contributed by atoms with Crippen LogP contribution in [0.3, 0.4) is 0 Å². The summed E-state index contributed by atoms with van der Waals surface area (Å²) in [5.41, 5.74) is 2.75.